The van der Waals surface area contributed by atoms with Gasteiger partial charge in [0.05, 0.1) is 25.6 Å². The molecule has 194 valence electrons. The average Bonchev–Trinajstić information content (AvgIpc) is 3.55. The number of thiazole rings is 1. The monoisotopic (exact) mass is 528 g/mol. The van der Waals surface area contributed by atoms with Crippen LogP contribution in [0.2, 0.25) is 0 Å². The first-order chi connectivity index (χ1) is 18.5. The fourth-order valence-corrected chi connectivity index (χ4v) is 5.15. The molecule has 1 aromatic heterocycles. The molecule has 0 N–H and O–H groups in total. The number of rotatable bonds is 9. The largest absolute Gasteiger partial charge is 0.466 e. The number of carbonyl (C=O) groups is 2. The van der Waals surface area contributed by atoms with Crippen molar-refractivity contribution in [2.24, 2.45) is 0 Å². The van der Waals surface area contributed by atoms with Gasteiger partial charge in [-0.25, -0.2) is 9.78 Å². The molecule has 3 aromatic carbocycles. The Kier molecular flexibility index (Phi) is 7.70. The molecule has 0 bridgehead atoms. The van der Waals surface area contributed by atoms with Crippen molar-refractivity contribution in [2.75, 3.05) is 6.61 Å². The van der Waals surface area contributed by atoms with Crippen molar-refractivity contribution in [3.05, 3.63) is 101 Å². The molecule has 1 aliphatic rings. The quantitative estimate of drug-likeness (QED) is 0.223. The van der Waals surface area contributed by atoms with Crippen molar-refractivity contribution in [2.45, 2.75) is 39.0 Å². The van der Waals surface area contributed by atoms with E-state index in [2.05, 4.69) is 4.98 Å². The van der Waals surface area contributed by atoms with E-state index in [0.717, 1.165) is 27.3 Å². The molecule has 0 aliphatic carbocycles. The maximum atomic E-state index is 13.0. The topological polar surface area (TPSA) is 78.0 Å². The van der Waals surface area contributed by atoms with Crippen LogP contribution in [0.3, 0.4) is 0 Å². The van der Waals surface area contributed by atoms with E-state index in [1.54, 1.807) is 29.4 Å². The molecule has 1 saturated heterocycles. The first-order valence-electron chi connectivity index (χ1n) is 12.5. The first kappa shape index (κ1) is 25.5. The molecule has 0 saturated carbocycles. The fraction of sp³-hybridized carbons (Fsp3) is 0.233. The summed E-state index contributed by atoms with van der Waals surface area (Å²) in [6.45, 7) is 4.42. The Bertz CT molecular complexity index is 1410. The van der Waals surface area contributed by atoms with Gasteiger partial charge >= 0.3 is 12.1 Å². The third kappa shape index (κ3) is 5.70. The number of ether oxygens (including phenoxy) is 3. The first-order valence-corrected chi connectivity index (χ1v) is 13.4. The average molecular weight is 529 g/mol. The zero-order valence-corrected chi connectivity index (χ0v) is 22.0. The lowest BCUT2D eigenvalue weighted by molar-refractivity contribution is -0.142. The maximum absolute atomic E-state index is 13.0. The number of carbonyl (C=O) groups excluding carboxylic acids is 2. The SMILES string of the molecule is CCOC(=O)Cc1cccc(Oc2ccc(-c3nccs3)cc2CN2C(=O)OC(c3ccccc3)C2C)c1. The predicted molar refractivity (Wildman–Crippen MR) is 145 cm³/mol. The molecule has 1 fully saturated rings. The van der Waals surface area contributed by atoms with E-state index in [0.29, 0.717) is 24.7 Å². The number of hydrogen-bond donors (Lipinski definition) is 0. The number of aromatic nitrogens is 1. The van der Waals surface area contributed by atoms with Gasteiger partial charge in [0.15, 0.2) is 0 Å². The summed E-state index contributed by atoms with van der Waals surface area (Å²) in [6.07, 6.45) is 1.21. The van der Waals surface area contributed by atoms with Crippen molar-refractivity contribution < 1.29 is 23.8 Å². The highest BCUT2D eigenvalue weighted by Gasteiger charge is 2.39. The third-order valence-electron chi connectivity index (χ3n) is 6.38. The zero-order valence-electron chi connectivity index (χ0n) is 21.2. The lowest BCUT2D eigenvalue weighted by Crippen LogP contribution is -2.31. The molecule has 1 amide bonds. The molecule has 0 spiro atoms. The predicted octanol–water partition coefficient (Wildman–Crippen LogP) is 6.79. The van der Waals surface area contributed by atoms with Crippen LogP contribution in [-0.4, -0.2) is 34.6 Å². The van der Waals surface area contributed by atoms with E-state index in [4.69, 9.17) is 14.2 Å². The highest BCUT2D eigenvalue weighted by atomic mass is 32.1. The van der Waals surface area contributed by atoms with Crippen molar-refractivity contribution >= 4 is 23.4 Å². The summed E-state index contributed by atoms with van der Waals surface area (Å²) in [5, 5.41) is 2.81. The highest BCUT2D eigenvalue weighted by Crippen LogP contribution is 2.37. The van der Waals surface area contributed by atoms with Crippen LogP contribution >= 0.6 is 11.3 Å². The minimum absolute atomic E-state index is 0.166. The minimum atomic E-state index is -0.367. The van der Waals surface area contributed by atoms with Gasteiger partial charge in [-0.1, -0.05) is 42.5 Å². The van der Waals surface area contributed by atoms with Gasteiger partial charge < -0.3 is 14.2 Å². The van der Waals surface area contributed by atoms with E-state index in [9.17, 15) is 9.59 Å². The summed E-state index contributed by atoms with van der Waals surface area (Å²) in [4.78, 5) is 31.1. The van der Waals surface area contributed by atoms with Crippen molar-refractivity contribution in [1.29, 1.82) is 0 Å². The Morgan fingerprint density at radius 3 is 2.68 bits per heavy atom. The molecule has 7 nitrogen and oxygen atoms in total. The van der Waals surface area contributed by atoms with Crippen molar-refractivity contribution in [1.82, 2.24) is 9.88 Å². The van der Waals surface area contributed by atoms with E-state index in [1.165, 1.54) is 0 Å². The zero-order chi connectivity index (χ0) is 26.5. The van der Waals surface area contributed by atoms with E-state index < -0.39 is 0 Å². The van der Waals surface area contributed by atoms with E-state index in [-0.39, 0.29) is 30.6 Å². The van der Waals surface area contributed by atoms with Crippen LogP contribution in [0.5, 0.6) is 11.5 Å². The summed E-state index contributed by atoms with van der Waals surface area (Å²) in [6, 6.07) is 22.8. The van der Waals surface area contributed by atoms with Crippen LogP contribution < -0.4 is 4.74 Å². The summed E-state index contributed by atoms with van der Waals surface area (Å²) in [5.74, 6) is 0.920. The van der Waals surface area contributed by atoms with Gasteiger partial charge in [-0.05, 0) is 55.3 Å². The fourth-order valence-electron chi connectivity index (χ4n) is 4.51. The van der Waals surface area contributed by atoms with Gasteiger partial charge in [0.25, 0.3) is 0 Å². The molecule has 2 unspecified atom stereocenters. The molecule has 2 atom stereocenters. The van der Waals surface area contributed by atoms with Crippen LogP contribution in [0.1, 0.15) is 36.6 Å². The Labute approximate surface area is 225 Å². The number of hydrogen-bond acceptors (Lipinski definition) is 7. The molecular formula is C30H28N2O5S. The van der Waals surface area contributed by atoms with Crippen LogP contribution in [-0.2, 0) is 27.2 Å². The Hall–Kier alpha value is -4.17. The number of nitrogens with zero attached hydrogens (tertiary/aromatic N) is 2. The molecule has 0 radical (unpaired) electrons. The molecule has 2 heterocycles. The van der Waals surface area contributed by atoms with Gasteiger partial charge in [-0.3, -0.25) is 9.69 Å². The molecule has 38 heavy (non-hydrogen) atoms. The maximum Gasteiger partial charge on any atom is 0.411 e. The Morgan fingerprint density at radius 1 is 1.08 bits per heavy atom. The smallest absolute Gasteiger partial charge is 0.411 e. The Balaban J connectivity index is 1.43. The van der Waals surface area contributed by atoms with E-state index >= 15 is 0 Å². The number of amides is 1. The number of cyclic esters (lactones) is 1. The lowest BCUT2D eigenvalue weighted by Gasteiger charge is -2.22. The van der Waals surface area contributed by atoms with Gasteiger partial charge in [0.2, 0.25) is 0 Å². The molecule has 1 aliphatic heterocycles. The van der Waals surface area contributed by atoms with Gasteiger partial charge in [0.1, 0.15) is 22.6 Å². The summed E-state index contributed by atoms with van der Waals surface area (Å²) >= 11 is 1.55. The Morgan fingerprint density at radius 2 is 1.92 bits per heavy atom. The number of esters is 1. The molecule has 8 heteroatoms. The second kappa shape index (κ2) is 11.5. The number of benzene rings is 3. The standard InChI is InChI=1S/C30H28N2O5S/c1-3-35-27(33)17-21-8-7-11-25(16-21)36-26-13-12-23(29-31-14-15-38-29)18-24(26)19-32-20(2)28(37-30(32)34)22-9-5-4-6-10-22/h4-16,18,20,28H,3,17,19H2,1-2H3. The van der Waals surface area contributed by atoms with Gasteiger partial charge in [0, 0.05) is 22.7 Å². The van der Waals surface area contributed by atoms with Gasteiger partial charge in [-0.15, -0.1) is 11.3 Å². The second-order valence-corrected chi connectivity index (χ2v) is 9.87. The van der Waals surface area contributed by atoms with Crippen LogP contribution in [0.4, 0.5) is 4.79 Å². The molecular weight excluding hydrogens is 500 g/mol. The van der Waals surface area contributed by atoms with E-state index in [1.807, 2.05) is 85.1 Å². The van der Waals surface area contributed by atoms with Gasteiger partial charge in [-0.2, -0.15) is 0 Å². The molecule has 4 aromatic rings. The van der Waals surface area contributed by atoms with Crippen molar-refractivity contribution in [3.63, 3.8) is 0 Å². The lowest BCUT2D eigenvalue weighted by atomic mass is 10.0. The third-order valence-corrected chi connectivity index (χ3v) is 7.20. The van der Waals surface area contributed by atoms with Crippen LogP contribution in [0.25, 0.3) is 10.6 Å². The summed E-state index contributed by atoms with van der Waals surface area (Å²) in [7, 11) is 0. The van der Waals surface area contributed by atoms with Crippen LogP contribution in [0, 0.1) is 0 Å². The molecule has 5 rings (SSSR count). The van der Waals surface area contributed by atoms with Crippen LogP contribution in [0.15, 0.2) is 84.4 Å². The van der Waals surface area contributed by atoms with Crippen molar-refractivity contribution in [3.8, 4) is 22.1 Å². The summed E-state index contributed by atoms with van der Waals surface area (Å²) < 4.78 is 17.2. The minimum Gasteiger partial charge on any atom is -0.466 e. The normalized spacial score (nSPS) is 16.8. The summed E-state index contributed by atoms with van der Waals surface area (Å²) in [5.41, 5.74) is 3.52. The highest BCUT2D eigenvalue weighted by molar-refractivity contribution is 7.13. The second-order valence-electron chi connectivity index (χ2n) is 8.97.